The summed E-state index contributed by atoms with van der Waals surface area (Å²) < 4.78 is 5.72. The Morgan fingerprint density at radius 2 is 1.76 bits per heavy atom. The molecule has 230 valence electrons. The molecule has 0 bridgehead atoms. The van der Waals surface area contributed by atoms with Gasteiger partial charge >= 0.3 is 5.97 Å². The molecule has 3 amide bonds. The molecule has 2 fully saturated rings. The maximum atomic E-state index is 13.4. The molecule has 42 heavy (non-hydrogen) atoms. The number of hydrogen-bond donors (Lipinski definition) is 3. The van der Waals surface area contributed by atoms with Crippen LogP contribution < -0.4 is 16.4 Å². The number of rotatable bonds is 12. The lowest BCUT2D eigenvalue weighted by molar-refractivity contribution is -0.154. The van der Waals surface area contributed by atoms with Gasteiger partial charge in [-0.1, -0.05) is 48.9 Å². The minimum Gasteiger partial charge on any atom is -0.461 e. The monoisotopic (exact) mass is 601 g/mol. The SMILES string of the molecule is CC(=O)NC[C@H](NC(=O)CN(Cc1cccc2ccccc12)C[C@@H]1CCCN1C(=O)CN)C(=O)OC1CCCCC1.Cl. The number of fused-ring (bicyclic) bond motifs is 1. The summed E-state index contributed by atoms with van der Waals surface area (Å²) in [6.45, 7) is 2.92. The molecule has 4 rings (SSSR count). The highest BCUT2D eigenvalue weighted by molar-refractivity contribution is 5.87. The quantitative estimate of drug-likeness (QED) is 0.318. The number of ether oxygens (including phenoxy) is 1. The lowest BCUT2D eigenvalue weighted by Gasteiger charge is -2.31. The van der Waals surface area contributed by atoms with E-state index in [4.69, 9.17) is 10.5 Å². The molecule has 4 N–H and O–H groups in total. The Balaban J connectivity index is 0.00000484. The lowest BCUT2D eigenvalue weighted by atomic mass is 9.98. The number of hydrogen-bond acceptors (Lipinski definition) is 7. The number of nitrogens with two attached hydrogens (primary N) is 1. The van der Waals surface area contributed by atoms with Crippen molar-refractivity contribution in [3.63, 3.8) is 0 Å². The predicted molar refractivity (Wildman–Crippen MR) is 164 cm³/mol. The Bertz CT molecular complexity index is 1220. The number of nitrogens with zero attached hydrogens (tertiary/aromatic N) is 2. The summed E-state index contributed by atoms with van der Waals surface area (Å²) in [6.07, 6.45) is 6.32. The Morgan fingerprint density at radius 3 is 2.50 bits per heavy atom. The van der Waals surface area contributed by atoms with E-state index in [9.17, 15) is 19.2 Å². The number of halogens is 1. The van der Waals surface area contributed by atoms with Crippen LogP contribution in [-0.4, -0.2) is 84.4 Å². The van der Waals surface area contributed by atoms with E-state index in [2.05, 4.69) is 28.8 Å². The number of carbonyl (C=O) groups is 4. The van der Waals surface area contributed by atoms with Crippen LogP contribution in [0.15, 0.2) is 42.5 Å². The summed E-state index contributed by atoms with van der Waals surface area (Å²) in [5.41, 5.74) is 6.74. The van der Waals surface area contributed by atoms with Crippen molar-refractivity contribution in [1.82, 2.24) is 20.4 Å². The fraction of sp³-hybridized carbons (Fsp3) is 0.548. The first kappa shape index (κ1) is 33.3. The van der Waals surface area contributed by atoms with Crippen LogP contribution in [0.3, 0.4) is 0 Å². The molecular weight excluding hydrogens is 558 g/mol. The van der Waals surface area contributed by atoms with Crippen LogP contribution in [0.5, 0.6) is 0 Å². The van der Waals surface area contributed by atoms with Crippen molar-refractivity contribution in [2.45, 2.75) is 76.6 Å². The van der Waals surface area contributed by atoms with Gasteiger partial charge in [0.2, 0.25) is 17.7 Å². The normalized spacial score (nSPS) is 17.9. The van der Waals surface area contributed by atoms with Gasteiger partial charge < -0.3 is 26.0 Å². The molecule has 11 heteroatoms. The van der Waals surface area contributed by atoms with E-state index in [0.29, 0.717) is 19.6 Å². The van der Waals surface area contributed by atoms with Gasteiger partial charge in [0.1, 0.15) is 12.1 Å². The highest BCUT2D eigenvalue weighted by Gasteiger charge is 2.31. The standard InChI is InChI=1S/C31H43N5O5.ClH/c1-22(37)33-18-28(31(40)41-26-13-3-2-4-14-26)34-29(38)21-35(20-25-12-8-16-36(25)30(39)17-32)19-24-11-7-10-23-9-5-6-15-27(23)24;/h5-7,9-11,15,25-26,28H,2-4,8,12-14,16-21,32H2,1H3,(H,33,37)(H,34,38);1H/t25-,28-;/m0./s1. The minimum atomic E-state index is -0.991. The van der Waals surface area contributed by atoms with Gasteiger partial charge in [-0.05, 0) is 54.9 Å². The molecular formula is C31H44ClN5O5. The third-order valence-electron chi connectivity index (χ3n) is 7.99. The molecule has 0 unspecified atom stereocenters. The van der Waals surface area contributed by atoms with E-state index in [1.54, 1.807) is 0 Å². The van der Waals surface area contributed by atoms with E-state index in [1.165, 1.54) is 6.92 Å². The third-order valence-corrected chi connectivity index (χ3v) is 7.99. The molecule has 0 spiro atoms. The third kappa shape index (κ3) is 9.40. The maximum Gasteiger partial charge on any atom is 0.330 e. The van der Waals surface area contributed by atoms with Gasteiger partial charge in [-0.15, -0.1) is 12.4 Å². The largest absolute Gasteiger partial charge is 0.461 e. The first-order chi connectivity index (χ1) is 19.8. The molecule has 0 aromatic heterocycles. The van der Waals surface area contributed by atoms with E-state index >= 15 is 0 Å². The average Bonchev–Trinajstić information content (AvgIpc) is 3.43. The van der Waals surface area contributed by atoms with Gasteiger partial charge in [-0.3, -0.25) is 19.3 Å². The Morgan fingerprint density at radius 1 is 1.02 bits per heavy atom. The molecule has 2 aromatic rings. The van der Waals surface area contributed by atoms with Gasteiger partial charge in [0.05, 0.1) is 13.1 Å². The fourth-order valence-corrected chi connectivity index (χ4v) is 5.94. The van der Waals surface area contributed by atoms with Crippen molar-refractivity contribution in [3.8, 4) is 0 Å². The number of carbonyl (C=O) groups excluding carboxylic acids is 4. The van der Waals surface area contributed by atoms with Crippen molar-refractivity contribution in [3.05, 3.63) is 48.0 Å². The van der Waals surface area contributed by atoms with Crippen LogP contribution in [0.25, 0.3) is 10.8 Å². The van der Waals surface area contributed by atoms with Gasteiger partial charge in [-0.25, -0.2) is 4.79 Å². The Labute approximate surface area is 254 Å². The average molecular weight is 602 g/mol. The number of amides is 3. The number of esters is 1. The van der Waals surface area contributed by atoms with Crippen LogP contribution in [-0.2, 0) is 30.5 Å². The zero-order chi connectivity index (χ0) is 29.2. The molecule has 1 aliphatic heterocycles. The second kappa shape index (κ2) is 16.4. The molecule has 2 atom stereocenters. The molecule has 10 nitrogen and oxygen atoms in total. The van der Waals surface area contributed by atoms with Crippen LogP contribution >= 0.6 is 12.4 Å². The summed E-state index contributed by atoms with van der Waals surface area (Å²) in [5, 5.41) is 7.66. The van der Waals surface area contributed by atoms with Crippen molar-refractivity contribution in [2.24, 2.45) is 5.73 Å². The molecule has 1 aliphatic carbocycles. The summed E-state index contributed by atoms with van der Waals surface area (Å²) in [4.78, 5) is 54.4. The van der Waals surface area contributed by atoms with Crippen LogP contribution in [0.1, 0.15) is 57.4 Å². The highest BCUT2D eigenvalue weighted by atomic mass is 35.5. The van der Waals surface area contributed by atoms with Crippen LogP contribution in [0, 0.1) is 0 Å². The second-order valence-electron chi connectivity index (χ2n) is 11.1. The smallest absolute Gasteiger partial charge is 0.330 e. The van der Waals surface area contributed by atoms with Crippen molar-refractivity contribution < 1.29 is 23.9 Å². The summed E-state index contributed by atoms with van der Waals surface area (Å²) in [5.74, 6) is -1.27. The first-order valence-corrected chi connectivity index (χ1v) is 14.8. The Kier molecular flexibility index (Phi) is 13.0. The summed E-state index contributed by atoms with van der Waals surface area (Å²) >= 11 is 0. The zero-order valence-electron chi connectivity index (χ0n) is 24.4. The van der Waals surface area contributed by atoms with Crippen molar-refractivity contribution >= 4 is 46.9 Å². The lowest BCUT2D eigenvalue weighted by Crippen LogP contribution is -2.53. The number of benzene rings is 2. The van der Waals surface area contributed by atoms with Crippen molar-refractivity contribution in [1.29, 1.82) is 0 Å². The van der Waals surface area contributed by atoms with Crippen LogP contribution in [0.4, 0.5) is 0 Å². The molecule has 2 aromatic carbocycles. The van der Waals surface area contributed by atoms with E-state index in [0.717, 1.165) is 61.3 Å². The highest BCUT2D eigenvalue weighted by Crippen LogP contribution is 2.23. The number of nitrogens with one attached hydrogen (secondary N) is 2. The van der Waals surface area contributed by atoms with E-state index in [-0.39, 0.29) is 61.9 Å². The molecule has 0 radical (unpaired) electrons. The van der Waals surface area contributed by atoms with Gasteiger partial charge in [-0.2, -0.15) is 0 Å². The van der Waals surface area contributed by atoms with Crippen LogP contribution in [0.2, 0.25) is 0 Å². The molecule has 1 saturated heterocycles. The molecule has 1 saturated carbocycles. The maximum absolute atomic E-state index is 13.4. The Hall–Kier alpha value is -3.21. The van der Waals surface area contributed by atoms with Gasteiger partial charge in [0.25, 0.3) is 0 Å². The zero-order valence-corrected chi connectivity index (χ0v) is 25.2. The topological polar surface area (TPSA) is 134 Å². The number of likely N-dealkylation sites (tertiary alicyclic amines) is 1. The summed E-state index contributed by atoms with van der Waals surface area (Å²) in [7, 11) is 0. The van der Waals surface area contributed by atoms with Gasteiger partial charge in [0, 0.05) is 39.1 Å². The predicted octanol–water partition coefficient (Wildman–Crippen LogP) is 2.51. The fourth-order valence-electron chi connectivity index (χ4n) is 5.94. The second-order valence-corrected chi connectivity index (χ2v) is 11.1. The van der Waals surface area contributed by atoms with E-state index in [1.807, 2.05) is 34.1 Å². The van der Waals surface area contributed by atoms with E-state index < -0.39 is 12.0 Å². The minimum absolute atomic E-state index is 0. The van der Waals surface area contributed by atoms with Crippen molar-refractivity contribution in [2.75, 3.05) is 32.7 Å². The van der Waals surface area contributed by atoms with Gasteiger partial charge in [0.15, 0.2) is 0 Å². The molecule has 1 heterocycles. The summed E-state index contributed by atoms with van der Waals surface area (Å²) in [6, 6.07) is 13.2. The first-order valence-electron chi connectivity index (χ1n) is 14.8. The molecule has 2 aliphatic rings.